The molecule has 0 radical (unpaired) electrons. The van der Waals surface area contributed by atoms with Crippen LogP contribution < -0.4 is 0 Å². The van der Waals surface area contributed by atoms with E-state index in [0.717, 1.165) is 6.29 Å². The second kappa shape index (κ2) is 4.18. The lowest BCUT2D eigenvalue weighted by Crippen LogP contribution is -1.76. The van der Waals surface area contributed by atoms with Gasteiger partial charge in [-0.25, -0.2) is 0 Å². The summed E-state index contributed by atoms with van der Waals surface area (Å²) in [4.78, 5) is 19.2. The highest BCUT2D eigenvalue weighted by Crippen LogP contribution is 1.99. The lowest BCUT2D eigenvalue weighted by molar-refractivity contribution is -0.107. The van der Waals surface area contributed by atoms with Gasteiger partial charge < -0.3 is 4.79 Å². The molecule has 0 heterocycles. The van der Waals surface area contributed by atoms with Crippen LogP contribution in [0.15, 0.2) is 17.5 Å². The van der Waals surface area contributed by atoms with Gasteiger partial charge in [-0.1, -0.05) is 6.58 Å². The minimum Gasteiger partial charge on any atom is -0.303 e. The first kappa shape index (κ1) is 7.01. The van der Waals surface area contributed by atoms with Crippen LogP contribution in [0.4, 0.5) is 0 Å². The second-order valence-electron chi connectivity index (χ2n) is 1.36. The number of nitroso groups, excluding NO2 is 1. The Hall–Kier alpha value is -0.990. The molecule has 8 heavy (non-hydrogen) atoms. The van der Waals surface area contributed by atoms with Crippen LogP contribution >= 0.6 is 0 Å². The standard InChI is InChI=1S/C5H7NO2/c1-5(6-8)3-2-4-7/h4H,1-3H2. The van der Waals surface area contributed by atoms with E-state index < -0.39 is 0 Å². The van der Waals surface area contributed by atoms with E-state index in [1.165, 1.54) is 0 Å². The van der Waals surface area contributed by atoms with Gasteiger partial charge in [0.2, 0.25) is 0 Å². The molecule has 0 aliphatic heterocycles. The summed E-state index contributed by atoms with van der Waals surface area (Å²) in [7, 11) is 0. The molecule has 0 aromatic rings. The molecule has 0 unspecified atom stereocenters. The van der Waals surface area contributed by atoms with E-state index in [2.05, 4.69) is 11.8 Å². The Kier molecular flexibility index (Phi) is 3.66. The Morgan fingerprint density at radius 1 is 1.75 bits per heavy atom. The van der Waals surface area contributed by atoms with Crippen molar-refractivity contribution in [1.82, 2.24) is 0 Å². The molecule has 0 bridgehead atoms. The molecule has 0 spiro atoms. The van der Waals surface area contributed by atoms with Crippen LogP contribution in [0.1, 0.15) is 12.8 Å². The molecule has 0 amide bonds. The molecule has 0 saturated heterocycles. The lowest BCUT2D eigenvalue weighted by Gasteiger charge is -1.84. The number of nitrogens with zero attached hydrogens (tertiary/aromatic N) is 1. The SMILES string of the molecule is C=C(CCC=O)N=O. The lowest BCUT2D eigenvalue weighted by atomic mass is 10.3. The van der Waals surface area contributed by atoms with Gasteiger partial charge in [-0.05, 0) is 11.6 Å². The average molecular weight is 113 g/mol. The fraction of sp³-hybridized carbons (Fsp3) is 0.400. The molecule has 0 atom stereocenters. The summed E-state index contributed by atoms with van der Waals surface area (Å²) in [6.45, 7) is 3.27. The Morgan fingerprint density at radius 3 is 2.75 bits per heavy atom. The largest absolute Gasteiger partial charge is 0.303 e. The number of carbonyl (C=O) groups is 1. The molecular formula is C5H7NO2. The molecular weight excluding hydrogens is 106 g/mol. The van der Waals surface area contributed by atoms with Crippen molar-refractivity contribution in [2.24, 2.45) is 5.18 Å². The Labute approximate surface area is 47.4 Å². The van der Waals surface area contributed by atoms with E-state index in [4.69, 9.17) is 0 Å². The van der Waals surface area contributed by atoms with E-state index >= 15 is 0 Å². The van der Waals surface area contributed by atoms with Crippen LogP contribution in [0.25, 0.3) is 0 Å². The number of aldehydes is 1. The Morgan fingerprint density at radius 2 is 2.38 bits per heavy atom. The summed E-state index contributed by atoms with van der Waals surface area (Å²) in [5, 5.41) is 2.52. The van der Waals surface area contributed by atoms with E-state index in [1.54, 1.807) is 0 Å². The van der Waals surface area contributed by atoms with Crippen LogP contribution in [-0.2, 0) is 4.79 Å². The van der Waals surface area contributed by atoms with Crippen LogP contribution in [0.2, 0.25) is 0 Å². The number of rotatable bonds is 4. The van der Waals surface area contributed by atoms with Crippen molar-refractivity contribution >= 4 is 6.29 Å². The van der Waals surface area contributed by atoms with Crippen molar-refractivity contribution in [3.05, 3.63) is 17.2 Å². The van der Waals surface area contributed by atoms with Gasteiger partial charge in [0, 0.05) is 6.42 Å². The number of hydrogen-bond acceptors (Lipinski definition) is 3. The highest BCUT2D eigenvalue weighted by Gasteiger charge is 1.88. The first-order valence-electron chi connectivity index (χ1n) is 2.26. The van der Waals surface area contributed by atoms with E-state index in [1.807, 2.05) is 0 Å². The first-order chi connectivity index (χ1) is 3.81. The zero-order valence-electron chi connectivity index (χ0n) is 4.46. The van der Waals surface area contributed by atoms with Gasteiger partial charge >= 0.3 is 0 Å². The third kappa shape index (κ3) is 3.21. The van der Waals surface area contributed by atoms with Gasteiger partial charge in [0.25, 0.3) is 0 Å². The van der Waals surface area contributed by atoms with E-state index in [9.17, 15) is 9.70 Å². The van der Waals surface area contributed by atoms with Crippen LogP contribution in [0.3, 0.4) is 0 Å². The van der Waals surface area contributed by atoms with Gasteiger partial charge in [-0.3, -0.25) is 0 Å². The summed E-state index contributed by atoms with van der Waals surface area (Å²) in [5.41, 5.74) is 0.233. The minimum absolute atomic E-state index is 0.233. The third-order valence-electron chi connectivity index (χ3n) is 0.680. The highest BCUT2D eigenvalue weighted by molar-refractivity contribution is 5.49. The molecule has 0 fully saturated rings. The number of carbonyl (C=O) groups excluding carboxylic acids is 1. The number of allylic oxidation sites excluding steroid dienone is 1. The van der Waals surface area contributed by atoms with Crippen LogP contribution in [0, 0.1) is 4.91 Å². The molecule has 0 aromatic carbocycles. The average Bonchev–Trinajstić information content (AvgIpc) is 1.83. The van der Waals surface area contributed by atoms with Gasteiger partial charge in [0.15, 0.2) is 0 Å². The first-order valence-corrected chi connectivity index (χ1v) is 2.26. The zero-order chi connectivity index (χ0) is 6.41. The smallest absolute Gasteiger partial charge is 0.120 e. The fourth-order valence-corrected chi connectivity index (χ4v) is 0.271. The quantitative estimate of drug-likeness (QED) is 0.406. The normalized spacial score (nSPS) is 8.00. The van der Waals surface area contributed by atoms with E-state index in [-0.39, 0.29) is 5.70 Å². The topological polar surface area (TPSA) is 46.5 Å². The van der Waals surface area contributed by atoms with Crippen molar-refractivity contribution in [3.63, 3.8) is 0 Å². The van der Waals surface area contributed by atoms with Crippen molar-refractivity contribution in [2.75, 3.05) is 0 Å². The molecule has 0 aliphatic rings. The van der Waals surface area contributed by atoms with Crippen molar-refractivity contribution in [1.29, 1.82) is 0 Å². The molecule has 0 aliphatic carbocycles. The molecule has 3 heteroatoms. The molecule has 3 nitrogen and oxygen atoms in total. The second-order valence-corrected chi connectivity index (χ2v) is 1.36. The molecule has 0 rings (SSSR count). The maximum absolute atomic E-state index is 9.64. The van der Waals surface area contributed by atoms with Crippen LogP contribution in [0.5, 0.6) is 0 Å². The zero-order valence-corrected chi connectivity index (χ0v) is 4.46. The summed E-state index contributed by atoms with van der Waals surface area (Å²) in [6.07, 6.45) is 1.45. The summed E-state index contributed by atoms with van der Waals surface area (Å²) >= 11 is 0. The van der Waals surface area contributed by atoms with Crippen molar-refractivity contribution in [2.45, 2.75) is 12.8 Å². The van der Waals surface area contributed by atoms with Gasteiger partial charge in [0.05, 0.1) is 5.70 Å². The monoisotopic (exact) mass is 113 g/mol. The number of hydrogen-bond donors (Lipinski definition) is 0. The van der Waals surface area contributed by atoms with Crippen LogP contribution in [-0.4, -0.2) is 6.29 Å². The predicted octanol–water partition coefficient (Wildman–Crippen LogP) is 1.25. The maximum atomic E-state index is 9.64. The predicted molar refractivity (Wildman–Crippen MR) is 30.2 cm³/mol. The third-order valence-corrected chi connectivity index (χ3v) is 0.680. The summed E-state index contributed by atoms with van der Waals surface area (Å²) < 4.78 is 0. The van der Waals surface area contributed by atoms with E-state index in [0.29, 0.717) is 12.8 Å². The Balaban J connectivity index is 3.24. The molecule has 0 saturated carbocycles. The molecule has 0 N–H and O–H groups in total. The van der Waals surface area contributed by atoms with Crippen molar-refractivity contribution in [3.8, 4) is 0 Å². The maximum Gasteiger partial charge on any atom is 0.120 e. The minimum atomic E-state index is 0.233. The highest BCUT2D eigenvalue weighted by atomic mass is 16.3. The Bertz CT molecular complexity index is 109. The fourth-order valence-electron chi connectivity index (χ4n) is 0.271. The van der Waals surface area contributed by atoms with Crippen molar-refractivity contribution < 1.29 is 4.79 Å². The summed E-state index contributed by atoms with van der Waals surface area (Å²) in [6, 6.07) is 0. The van der Waals surface area contributed by atoms with Gasteiger partial charge in [-0.2, -0.15) is 0 Å². The molecule has 44 valence electrons. The van der Waals surface area contributed by atoms with Gasteiger partial charge in [-0.15, -0.1) is 4.91 Å². The molecule has 0 aromatic heterocycles. The summed E-state index contributed by atoms with van der Waals surface area (Å²) in [5.74, 6) is 0. The van der Waals surface area contributed by atoms with Gasteiger partial charge in [0.1, 0.15) is 6.29 Å².